The van der Waals surface area contributed by atoms with Gasteiger partial charge in [-0.3, -0.25) is 4.90 Å². The zero-order chi connectivity index (χ0) is 14.7. The molecule has 3 unspecified atom stereocenters. The van der Waals surface area contributed by atoms with E-state index in [4.69, 9.17) is 4.42 Å². The summed E-state index contributed by atoms with van der Waals surface area (Å²) in [7, 11) is 0. The lowest BCUT2D eigenvalue weighted by atomic mass is 10.0. The molecule has 114 valence electrons. The van der Waals surface area contributed by atoms with E-state index < -0.39 is 0 Å². The van der Waals surface area contributed by atoms with Gasteiger partial charge in [-0.1, -0.05) is 6.92 Å². The van der Waals surface area contributed by atoms with Crippen LogP contribution >= 0.6 is 0 Å². The first-order chi connectivity index (χ1) is 9.51. The maximum absolute atomic E-state index is 5.71. The standard InChI is InChI=1S/C17H30N2O/c1-6-16-8-10-19(9-7-12(2)18-16)14(4)17-11-13(3)20-15(17)5/h11-12,14,16,18H,6-10H2,1-5H3. The topological polar surface area (TPSA) is 28.4 Å². The number of rotatable bonds is 3. The highest BCUT2D eigenvalue weighted by Gasteiger charge is 2.23. The van der Waals surface area contributed by atoms with Crippen molar-refractivity contribution >= 4 is 0 Å². The van der Waals surface area contributed by atoms with Crippen molar-refractivity contribution in [2.45, 2.75) is 72.0 Å². The number of nitrogens with zero attached hydrogens (tertiary/aromatic N) is 1. The third-order valence-electron chi connectivity index (χ3n) is 4.70. The van der Waals surface area contributed by atoms with Gasteiger partial charge in [0.15, 0.2) is 0 Å². The fourth-order valence-electron chi connectivity index (χ4n) is 3.33. The molecule has 2 heterocycles. The van der Waals surface area contributed by atoms with E-state index in [1.807, 2.05) is 6.92 Å². The van der Waals surface area contributed by atoms with Crippen molar-refractivity contribution in [3.63, 3.8) is 0 Å². The Morgan fingerprint density at radius 1 is 1.35 bits per heavy atom. The lowest BCUT2D eigenvalue weighted by molar-refractivity contribution is 0.167. The van der Waals surface area contributed by atoms with E-state index in [0.29, 0.717) is 18.1 Å². The van der Waals surface area contributed by atoms with Crippen molar-refractivity contribution in [2.24, 2.45) is 0 Å². The Bertz CT molecular complexity index is 427. The van der Waals surface area contributed by atoms with Crippen LogP contribution in [0, 0.1) is 13.8 Å². The molecule has 1 N–H and O–H groups in total. The maximum Gasteiger partial charge on any atom is 0.105 e. The monoisotopic (exact) mass is 278 g/mol. The molecular formula is C17H30N2O. The Balaban J connectivity index is 2.08. The highest BCUT2D eigenvalue weighted by Crippen LogP contribution is 2.27. The van der Waals surface area contributed by atoms with Gasteiger partial charge in [-0.2, -0.15) is 0 Å². The summed E-state index contributed by atoms with van der Waals surface area (Å²) >= 11 is 0. The third-order valence-corrected chi connectivity index (χ3v) is 4.70. The highest BCUT2D eigenvalue weighted by atomic mass is 16.3. The molecule has 0 radical (unpaired) electrons. The molecule has 20 heavy (non-hydrogen) atoms. The summed E-state index contributed by atoms with van der Waals surface area (Å²) in [6.07, 6.45) is 3.67. The van der Waals surface area contributed by atoms with Crippen LogP contribution in [0.5, 0.6) is 0 Å². The zero-order valence-corrected chi connectivity index (χ0v) is 13.7. The third kappa shape index (κ3) is 3.64. The summed E-state index contributed by atoms with van der Waals surface area (Å²) in [6, 6.07) is 3.93. The van der Waals surface area contributed by atoms with Crippen LogP contribution in [-0.2, 0) is 0 Å². The molecule has 0 saturated carbocycles. The molecule has 3 atom stereocenters. The van der Waals surface area contributed by atoms with Crippen LogP contribution in [0.4, 0.5) is 0 Å². The molecule has 1 aromatic heterocycles. The van der Waals surface area contributed by atoms with Gasteiger partial charge in [0.1, 0.15) is 11.5 Å². The summed E-state index contributed by atoms with van der Waals surface area (Å²) in [5.74, 6) is 2.10. The number of furan rings is 1. The van der Waals surface area contributed by atoms with Crippen molar-refractivity contribution in [1.29, 1.82) is 0 Å². The summed E-state index contributed by atoms with van der Waals surface area (Å²) in [4.78, 5) is 2.62. The van der Waals surface area contributed by atoms with Crippen LogP contribution in [0.25, 0.3) is 0 Å². The molecule has 0 amide bonds. The summed E-state index contributed by atoms with van der Waals surface area (Å²) < 4.78 is 5.71. The van der Waals surface area contributed by atoms with E-state index in [1.165, 1.54) is 31.4 Å². The number of hydrogen-bond acceptors (Lipinski definition) is 3. The van der Waals surface area contributed by atoms with Gasteiger partial charge in [0, 0.05) is 36.8 Å². The number of nitrogens with one attached hydrogen (secondary N) is 1. The van der Waals surface area contributed by atoms with Gasteiger partial charge in [0.2, 0.25) is 0 Å². The predicted octanol–water partition coefficient (Wildman–Crippen LogP) is 3.81. The summed E-state index contributed by atoms with van der Waals surface area (Å²) in [6.45, 7) is 13.4. The molecule has 0 bridgehead atoms. The van der Waals surface area contributed by atoms with Gasteiger partial charge in [-0.25, -0.2) is 0 Å². The van der Waals surface area contributed by atoms with E-state index in [2.05, 4.69) is 44.0 Å². The van der Waals surface area contributed by atoms with E-state index in [9.17, 15) is 0 Å². The van der Waals surface area contributed by atoms with Crippen LogP contribution in [-0.4, -0.2) is 30.1 Å². The van der Waals surface area contributed by atoms with Gasteiger partial charge < -0.3 is 9.73 Å². The van der Waals surface area contributed by atoms with Gasteiger partial charge in [0.25, 0.3) is 0 Å². The van der Waals surface area contributed by atoms with Crippen molar-refractivity contribution in [1.82, 2.24) is 10.2 Å². The summed E-state index contributed by atoms with van der Waals surface area (Å²) in [5, 5.41) is 3.74. The number of hydrogen-bond donors (Lipinski definition) is 1. The minimum Gasteiger partial charge on any atom is -0.466 e. The minimum atomic E-state index is 0.454. The lowest BCUT2D eigenvalue weighted by Crippen LogP contribution is -2.44. The first kappa shape index (κ1) is 15.6. The fraction of sp³-hybridized carbons (Fsp3) is 0.765. The first-order valence-corrected chi connectivity index (χ1v) is 8.08. The summed E-state index contributed by atoms with van der Waals surface area (Å²) in [5.41, 5.74) is 1.36. The Labute approximate surface area is 123 Å². The molecule has 1 aliphatic rings. The zero-order valence-electron chi connectivity index (χ0n) is 13.7. The van der Waals surface area contributed by atoms with Gasteiger partial charge in [0.05, 0.1) is 0 Å². The molecule has 1 aliphatic heterocycles. The predicted molar refractivity (Wildman–Crippen MR) is 84.1 cm³/mol. The van der Waals surface area contributed by atoms with E-state index in [1.54, 1.807) is 0 Å². The number of aryl methyl sites for hydroxylation is 2. The Hall–Kier alpha value is -0.800. The molecule has 1 aromatic rings. The fourth-order valence-corrected chi connectivity index (χ4v) is 3.33. The molecule has 2 rings (SSSR count). The van der Waals surface area contributed by atoms with Crippen molar-refractivity contribution in [2.75, 3.05) is 13.1 Å². The van der Waals surface area contributed by atoms with Crippen LogP contribution in [0.15, 0.2) is 10.5 Å². The molecule has 0 spiro atoms. The van der Waals surface area contributed by atoms with E-state index >= 15 is 0 Å². The average Bonchev–Trinajstić information content (AvgIpc) is 2.72. The molecule has 0 aromatic carbocycles. The Morgan fingerprint density at radius 3 is 2.65 bits per heavy atom. The minimum absolute atomic E-state index is 0.454. The van der Waals surface area contributed by atoms with Crippen molar-refractivity contribution < 1.29 is 4.42 Å². The molecule has 3 heteroatoms. The molecular weight excluding hydrogens is 248 g/mol. The first-order valence-electron chi connectivity index (χ1n) is 8.08. The smallest absolute Gasteiger partial charge is 0.105 e. The van der Waals surface area contributed by atoms with Crippen molar-refractivity contribution in [3.05, 3.63) is 23.2 Å². The second-order valence-electron chi connectivity index (χ2n) is 6.33. The highest BCUT2D eigenvalue weighted by molar-refractivity contribution is 5.23. The Kier molecular flexibility index (Phi) is 5.28. The average molecular weight is 278 g/mol. The molecule has 0 aliphatic carbocycles. The maximum atomic E-state index is 5.71. The van der Waals surface area contributed by atoms with Crippen molar-refractivity contribution in [3.8, 4) is 0 Å². The molecule has 3 nitrogen and oxygen atoms in total. The van der Waals surface area contributed by atoms with Crippen LogP contribution in [0.3, 0.4) is 0 Å². The second-order valence-corrected chi connectivity index (χ2v) is 6.33. The van der Waals surface area contributed by atoms with Gasteiger partial charge >= 0.3 is 0 Å². The van der Waals surface area contributed by atoms with Crippen LogP contribution in [0.1, 0.15) is 63.2 Å². The molecule has 1 saturated heterocycles. The molecule has 1 fully saturated rings. The second kappa shape index (κ2) is 6.77. The lowest BCUT2D eigenvalue weighted by Gasteiger charge is -2.35. The SMILES string of the molecule is CCC1CCN(C(C)c2cc(C)oc2C)CCC(C)N1. The normalized spacial score (nSPS) is 27.1. The van der Waals surface area contributed by atoms with Crippen LogP contribution < -0.4 is 5.32 Å². The van der Waals surface area contributed by atoms with E-state index in [0.717, 1.165) is 18.1 Å². The van der Waals surface area contributed by atoms with Crippen LogP contribution in [0.2, 0.25) is 0 Å². The largest absolute Gasteiger partial charge is 0.466 e. The Morgan fingerprint density at radius 2 is 2.05 bits per heavy atom. The van der Waals surface area contributed by atoms with E-state index in [-0.39, 0.29) is 0 Å². The van der Waals surface area contributed by atoms with Gasteiger partial charge in [-0.15, -0.1) is 0 Å². The van der Waals surface area contributed by atoms with Gasteiger partial charge in [-0.05, 0) is 53.0 Å². The quantitative estimate of drug-likeness (QED) is 0.911.